The molecule has 0 aliphatic rings. The molecule has 19 heavy (non-hydrogen) atoms. The smallest absolute Gasteiger partial charge is 0.354 e. The number of halogens is 2. The lowest BCUT2D eigenvalue weighted by molar-refractivity contribution is 0.0690. The summed E-state index contributed by atoms with van der Waals surface area (Å²) in [7, 11) is 0. The number of aromatic nitrogens is 1. The molecule has 0 fully saturated rings. The van der Waals surface area contributed by atoms with Crippen LogP contribution in [-0.4, -0.2) is 16.1 Å². The lowest BCUT2D eigenvalue weighted by Gasteiger charge is -2.08. The van der Waals surface area contributed by atoms with Gasteiger partial charge >= 0.3 is 5.97 Å². The molecule has 0 aliphatic carbocycles. The summed E-state index contributed by atoms with van der Waals surface area (Å²) in [5, 5.41) is 8.81. The van der Waals surface area contributed by atoms with Crippen LogP contribution in [-0.2, 0) is 6.61 Å². The van der Waals surface area contributed by atoms with Gasteiger partial charge in [0.15, 0.2) is 11.6 Å². The number of rotatable bonds is 4. The summed E-state index contributed by atoms with van der Waals surface area (Å²) in [4.78, 5) is 14.4. The van der Waals surface area contributed by atoms with Gasteiger partial charge in [-0.3, -0.25) is 0 Å². The minimum Gasteiger partial charge on any atom is -0.486 e. The van der Waals surface area contributed by atoms with Crippen molar-refractivity contribution in [1.29, 1.82) is 0 Å². The van der Waals surface area contributed by atoms with Crippen molar-refractivity contribution in [2.75, 3.05) is 0 Å². The van der Waals surface area contributed by atoms with Gasteiger partial charge in [0.25, 0.3) is 0 Å². The summed E-state index contributed by atoms with van der Waals surface area (Å²) < 4.78 is 19.4. The summed E-state index contributed by atoms with van der Waals surface area (Å²) in [6, 6.07) is 7.36. The van der Waals surface area contributed by atoms with E-state index in [1.807, 2.05) is 0 Å². The molecule has 0 saturated carbocycles. The standard InChI is InChI=1S/C13H9BrFNO3/c14-9-1-2-10(15)12(6-9)19-7-8-3-4-16-11(5-8)13(17)18/h1-6H,7H2,(H,17,18). The third-order valence-corrected chi connectivity index (χ3v) is 2.82. The summed E-state index contributed by atoms with van der Waals surface area (Å²) >= 11 is 3.22. The van der Waals surface area contributed by atoms with Gasteiger partial charge in [-0.2, -0.15) is 0 Å². The zero-order chi connectivity index (χ0) is 13.8. The molecule has 0 aliphatic heterocycles. The highest BCUT2D eigenvalue weighted by Crippen LogP contribution is 2.23. The van der Waals surface area contributed by atoms with E-state index in [1.54, 1.807) is 12.1 Å². The monoisotopic (exact) mass is 325 g/mol. The van der Waals surface area contributed by atoms with Crippen molar-refractivity contribution >= 4 is 21.9 Å². The van der Waals surface area contributed by atoms with E-state index in [9.17, 15) is 9.18 Å². The van der Waals surface area contributed by atoms with E-state index in [-0.39, 0.29) is 18.1 Å². The van der Waals surface area contributed by atoms with Crippen LogP contribution in [0.25, 0.3) is 0 Å². The molecule has 1 N–H and O–H groups in total. The summed E-state index contributed by atoms with van der Waals surface area (Å²) in [5.41, 5.74) is 0.530. The zero-order valence-corrected chi connectivity index (χ0v) is 11.2. The highest BCUT2D eigenvalue weighted by molar-refractivity contribution is 9.10. The number of aromatic carboxylic acids is 1. The fourth-order valence-electron chi connectivity index (χ4n) is 1.43. The van der Waals surface area contributed by atoms with Crippen molar-refractivity contribution in [1.82, 2.24) is 4.98 Å². The van der Waals surface area contributed by atoms with Gasteiger partial charge in [0, 0.05) is 10.7 Å². The lowest BCUT2D eigenvalue weighted by Crippen LogP contribution is -2.03. The second-order valence-electron chi connectivity index (χ2n) is 3.72. The molecule has 0 atom stereocenters. The number of hydrogen-bond acceptors (Lipinski definition) is 3. The molecule has 0 spiro atoms. The molecule has 2 aromatic rings. The van der Waals surface area contributed by atoms with Crippen LogP contribution in [0, 0.1) is 5.82 Å². The van der Waals surface area contributed by atoms with Gasteiger partial charge in [-0.25, -0.2) is 14.2 Å². The van der Waals surface area contributed by atoms with Gasteiger partial charge < -0.3 is 9.84 Å². The van der Waals surface area contributed by atoms with E-state index < -0.39 is 11.8 Å². The highest BCUT2D eigenvalue weighted by Gasteiger charge is 2.07. The van der Waals surface area contributed by atoms with Crippen LogP contribution >= 0.6 is 15.9 Å². The van der Waals surface area contributed by atoms with Crippen molar-refractivity contribution in [3.05, 3.63) is 58.1 Å². The first-order valence-electron chi connectivity index (χ1n) is 5.32. The fraction of sp³-hybridized carbons (Fsp3) is 0.0769. The number of nitrogens with zero attached hydrogens (tertiary/aromatic N) is 1. The molecule has 0 amide bonds. The first kappa shape index (κ1) is 13.5. The summed E-state index contributed by atoms with van der Waals surface area (Å²) in [5.74, 6) is -1.49. The van der Waals surface area contributed by atoms with Gasteiger partial charge in [-0.1, -0.05) is 15.9 Å². The van der Waals surface area contributed by atoms with Gasteiger partial charge in [0.1, 0.15) is 12.3 Å². The van der Waals surface area contributed by atoms with Crippen molar-refractivity contribution < 1.29 is 19.0 Å². The van der Waals surface area contributed by atoms with E-state index in [2.05, 4.69) is 20.9 Å². The highest BCUT2D eigenvalue weighted by atomic mass is 79.9. The third kappa shape index (κ3) is 3.51. The number of hydrogen-bond donors (Lipinski definition) is 1. The fourth-order valence-corrected chi connectivity index (χ4v) is 1.77. The topological polar surface area (TPSA) is 59.4 Å². The molecular weight excluding hydrogens is 317 g/mol. The quantitative estimate of drug-likeness (QED) is 0.937. The average molecular weight is 326 g/mol. The van der Waals surface area contributed by atoms with Crippen molar-refractivity contribution in [3.63, 3.8) is 0 Å². The Kier molecular flexibility index (Phi) is 4.11. The predicted molar refractivity (Wildman–Crippen MR) is 69.6 cm³/mol. The van der Waals surface area contributed by atoms with E-state index in [0.29, 0.717) is 10.0 Å². The Bertz CT molecular complexity index is 619. The second kappa shape index (κ2) is 5.79. The van der Waals surface area contributed by atoms with Crippen LogP contribution in [0.3, 0.4) is 0 Å². The van der Waals surface area contributed by atoms with Gasteiger partial charge in [0.2, 0.25) is 0 Å². The Labute approximate surface area is 117 Å². The predicted octanol–water partition coefficient (Wildman–Crippen LogP) is 3.26. The van der Waals surface area contributed by atoms with Crippen LogP contribution in [0.1, 0.15) is 16.1 Å². The van der Waals surface area contributed by atoms with Crippen molar-refractivity contribution in [2.24, 2.45) is 0 Å². The Morgan fingerprint density at radius 1 is 1.37 bits per heavy atom. The molecule has 1 aromatic carbocycles. The molecule has 6 heteroatoms. The van der Waals surface area contributed by atoms with Crippen molar-refractivity contribution in [3.8, 4) is 5.75 Å². The van der Waals surface area contributed by atoms with E-state index in [1.165, 1.54) is 24.4 Å². The molecule has 0 saturated heterocycles. The minimum absolute atomic E-state index is 0.0656. The maximum atomic E-state index is 13.4. The molecule has 0 radical (unpaired) electrons. The van der Waals surface area contributed by atoms with Gasteiger partial charge in [-0.15, -0.1) is 0 Å². The van der Waals surface area contributed by atoms with Gasteiger partial charge in [-0.05, 0) is 35.9 Å². The maximum Gasteiger partial charge on any atom is 0.354 e. The molecule has 0 unspecified atom stereocenters. The van der Waals surface area contributed by atoms with Crippen LogP contribution in [0.15, 0.2) is 41.0 Å². The zero-order valence-electron chi connectivity index (χ0n) is 9.64. The third-order valence-electron chi connectivity index (χ3n) is 2.33. The van der Waals surface area contributed by atoms with Crippen LogP contribution in [0.5, 0.6) is 5.75 Å². The SMILES string of the molecule is O=C(O)c1cc(COc2cc(Br)ccc2F)ccn1. The first-order valence-corrected chi connectivity index (χ1v) is 6.11. The number of ether oxygens (including phenoxy) is 1. The first-order chi connectivity index (χ1) is 9.06. The molecule has 4 nitrogen and oxygen atoms in total. The molecule has 0 bridgehead atoms. The average Bonchev–Trinajstić information content (AvgIpc) is 2.40. The number of carboxylic acids is 1. The number of pyridine rings is 1. The lowest BCUT2D eigenvalue weighted by atomic mass is 10.2. The van der Waals surface area contributed by atoms with Crippen LogP contribution in [0.2, 0.25) is 0 Å². The number of carboxylic acid groups (broad SMARTS) is 1. The summed E-state index contributed by atoms with van der Waals surface area (Å²) in [6.45, 7) is 0.0656. The minimum atomic E-state index is -1.12. The molecule has 2 rings (SSSR count). The maximum absolute atomic E-state index is 13.4. The van der Waals surface area contributed by atoms with Crippen LogP contribution < -0.4 is 4.74 Å². The van der Waals surface area contributed by atoms with E-state index in [4.69, 9.17) is 9.84 Å². The Morgan fingerprint density at radius 2 is 2.16 bits per heavy atom. The normalized spacial score (nSPS) is 10.2. The number of benzene rings is 1. The molecule has 98 valence electrons. The Balaban J connectivity index is 2.12. The van der Waals surface area contributed by atoms with Crippen molar-refractivity contribution in [2.45, 2.75) is 6.61 Å². The molecular formula is C13H9BrFNO3. The second-order valence-corrected chi connectivity index (χ2v) is 4.63. The van der Waals surface area contributed by atoms with Gasteiger partial charge in [0.05, 0.1) is 0 Å². The van der Waals surface area contributed by atoms with E-state index >= 15 is 0 Å². The van der Waals surface area contributed by atoms with E-state index in [0.717, 1.165) is 0 Å². The largest absolute Gasteiger partial charge is 0.486 e. The Hall–Kier alpha value is -1.95. The number of carbonyl (C=O) groups is 1. The molecule has 1 aromatic heterocycles. The van der Waals surface area contributed by atoms with Crippen LogP contribution in [0.4, 0.5) is 4.39 Å². The Morgan fingerprint density at radius 3 is 2.89 bits per heavy atom. The molecule has 1 heterocycles. The summed E-state index contributed by atoms with van der Waals surface area (Å²) in [6.07, 6.45) is 1.37.